The number of benzene rings is 2. The highest BCUT2D eigenvalue weighted by molar-refractivity contribution is 6.12. The average Bonchev–Trinajstić information content (AvgIpc) is 3.38. The molecule has 21 heavy (non-hydrogen) atoms. The molecule has 1 heterocycles. The van der Waals surface area contributed by atoms with E-state index in [9.17, 15) is 4.79 Å². The number of ketones is 1. The second-order valence-electron chi connectivity index (χ2n) is 5.57. The van der Waals surface area contributed by atoms with Crippen molar-refractivity contribution >= 4 is 16.7 Å². The lowest BCUT2D eigenvalue weighted by Gasteiger charge is -2.11. The Kier molecular flexibility index (Phi) is 2.81. The highest BCUT2D eigenvalue weighted by Gasteiger charge is 2.30. The molecular weight excluding hydrogens is 258 g/mol. The number of fused-ring (bicyclic) bond motifs is 1. The predicted molar refractivity (Wildman–Crippen MR) is 83.6 cm³/mol. The minimum absolute atomic E-state index is 0.0794. The van der Waals surface area contributed by atoms with Crippen molar-refractivity contribution in [1.29, 1.82) is 0 Å². The number of pyridine rings is 1. The first kappa shape index (κ1) is 12.3. The summed E-state index contributed by atoms with van der Waals surface area (Å²) in [5.74, 6) is 0.594. The number of carbonyl (C=O) groups is 1. The third-order valence-corrected chi connectivity index (χ3v) is 4.08. The maximum absolute atomic E-state index is 12.8. The van der Waals surface area contributed by atoms with Crippen molar-refractivity contribution in [1.82, 2.24) is 4.98 Å². The lowest BCUT2D eigenvalue weighted by atomic mass is 9.94. The van der Waals surface area contributed by atoms with Gasteiger partial charge in [0.25, 0.3) is 0 Å². The first-order valence-electron chi connectivity index (χ1n) is 7.32. The normalized spacial score (nSPS) is 14.3. The Labute approximate surface area is 123 Å². The van der Waals surface area contributed by atoms with Gasteiger partial charge in [0, 0.05) is 22.7 Å². The molecule has 1 aliphatic rings. The summed E-state index contributed by atoms with van der Waals surface area (Å²) in [7, 11) is 0. The van der Waals surface area contributed by atoms with Gasteiger partial charge in [-0.2, -0.15) is 0 Å². The topological polar surface area (TPSA) is 30.0 Å². The van der Waals surface area contributed by atoms with Gasteiger partial charge in [0.15, 0.2) is 5.78 Å². The maximum atomic E-state index is 12.8. The van der Waals surface area contributed by atoms with Crippen molar-refractivity contribution < 1.29 is 4.79 Å². The van der Waals surface area contributed by atoms with Crippen LogP contribution in [-0.2, 0) is 0 Å². The number of rotatable bonds is 3. The van der Waals surface area contributed by atoms with Crippen molar-refractivity contribution in [3.63, 3.8) is 0 Å². The van der Waals surface area contributed by atoms with Crippen LogP contribution >= 0.6 is 0 Å². The third-order valence-electron chi connectivity index (χ3n) is 4.08. The van der Waals surface area contributed by atoms with Crippen LogP contribution in [0.5, 0.6) is 0 Å². The minimum atomic E-state index is 0.0794. The van der Waals surface area contributed by atoms with Crippen LogP contribution in [0.2, 0.25) is 0 Å². The molecule has 0 saturated heterocycles. The fourth-order valence-corrected chi connectivity index (χ4v) is 2.90. The zero-order valence-electron chi connectivity index (χ0n) is 11.6. The molecular formula is C19H15NO. The van der Waals surface area contributed by atoms with E-state index < -0.39 is 0 Å². The predicted octanol–water partition coefficient (Wildman–Crippen LogP) is 4.34. The molecule has 2 nitrogen and oxygen atoms in total. The van der Waals surface area contributed by atoms with E-state index in [1.54, 1.807) is 6.20 Å². The van der Waals surface area contributed by atoms with Crippen LogP contribution in [-0.4, -0.2) is 10.8 Å². The van der Waals surface area contributed by atoms with Crippen LogP contribution in [0.3, 0.4) is 0 Å². The average molecular weight is 273 g/mol. The van der Waals surface area contributed by atoms with Gasteiger partial charge in [-0.15, -0.1) is 0 Å². The van der Waals surface area contributed by atoms with Crippen molar-refractivity contribution in [2.45, 2.75) is 18.8 Å². The molecule has 2 aromatic carbocycles. The first-order chi connectivity index (χ1) is 10.3. The lowest BCUT2D eigenvalue weighted by molar-refractivity contribution is 0.103. The summed E-state index contributed by atoms with van der Waals surface area (Å²) in [6.45, 7) is 0. The fraction of sp³-hybridized carbons (Fsp3) is 0.158. The number of nitrogens with zero attached hydrogens (tertiary/aromatic N) is 1. The molecule has 4 rings (SSSR count). The molecule has 2 heteroatoms. The Morgan fingerprint density at radius 2 is 1.67 bits per heavy atom. The van der Waals surface area contributed by atoms with E-state index in [1.165, 1.54) is 18.4 Å². The molecule has 102 valence electrons. The van der Waals surface area contributed by atoms with E-state index in [4.69, 9.17) is 0 Å². The molecule has 0 unspecified atom stereocenters. The van der Waals surface area contributed by atoms with E-state index in [-0.39, 0.29) is 5.78 Å². The zero-order valence-corrected chi connectivity index (χ0v) is 11.6. The highest BCUT2D eigenvalue weighted by Crippen LogP contribution is 2.44. The molecule has 1 aliphatic carbocycles. The van der Waals surface area contributed by atoms with E-state index in [1.807, 2.05) is 48.5 Å². The molecule has 0 bridgehead atoms. The van der Waals surface area contributed by atoms with Gasteiger partial charge >= 0.3 is 0 Å². The van der Waals surface area contributed by atoms with Gasteiger partial charge in [0.1, 0.15) is 0 Å². The summed E-state index contributed by atoms with van der Waals surface area (Å²) in [4.78, 5) is 17.3. The lowest BCUT2D eigenvalue weighted by Crippen LogP contribution is -2.06. The summed E-state index contributed by atoms with van der Waals surface area (Å²) in [6, 6.07) is 17.6. The molecule has 1 fully saturated rings. The SMILES string of the molecule is O=C(c1ccccc1)c1cnc2ccccc2c1C1CC1. The molecule has 0 radical (unpaired) electrons. The molecule has 0 aliphatic heterocycles. The minimum Gasteiger partial charge on any atom is -0.289 e. The van der Waals surface area contributed by atoms with Crippen LogP contribution in [0, 0.1) is 0 Å². The second kappa shape index (κ2) is 4.81. The largest absolute Gasteiger partial charge is 0.289 e. The second-order valence-corrected chi connectivity index (χ2v) is 5.57. The van der Waals surface area contributed by atoms with Gasteiger partial charge in [0.2, 0.25) is 0 Å². The van der Waals surface area contributed by atoms with Gasteiger partial charge in [-0.3, -0.25) is 9.78 Å². The van der Waals surface area contributed by atoms with Gasteiger partial charge < -0.3 is 0 Å². The van der Waals surface area contributed by atoms with Crippen molar-refractivity contribution in [3.05, 3.63) is 77.5 Å². The monoisotopic (exact) mass is 273 g/mol. The van der Waals surface area contributed by atoms with Crippen LogP contribution in [0.1, 0.15) is 40.2 Å². The Hall–Kier alpha value is -2.48. The fourth-order valence-electron chi connectivity index (χ4n) is 2.90. The number of aromatic nitrogens is 1. The Morgan fingerprint density at radius 1 is 0.952 bits per heavy atom. The quantitative estimate of drug-likeness (QED) is 0.664. The number of hydrogen-bond acceptors (Lipinski definition) is 2. The molecule has 1 saturated carbocycles. The van der Waals surface area contributed by atoms with Crippen molar-refractivity contribution in [2.75, 3.05) is 0 Å². The van der Waals surface area contributed by atoms with E-state index in [0.29, 0.717) is 5.92 Å². The highest BCUT2D eigenvalue weighted by atomic mass is 16.1. The molecule has 3 aromatic rings. The Bertz CT molecular complexity index is 819. The summed E-state index contributed by atoms with van der Waals surface area (Å²) in [5.41, 5.74) is 3.66. The summed E-state index contributed by atoms with van der Waals surface area (Å²) >= 11 is 0. The molecule has 0 spiro atoms. The Balaban J connectivity index is 1.93. The van der Waals surface area contributed by atoms with Gasteiger partial charge in [-0.1, -0.05) is 48.5 Å². The van der Waals surface area contributed by atoms with Gasteiger partial charge in [-0.05, 0) is 30.4 Å². The van der Waals surface area contributed by atoms with Crippen molar-refractivity contribution in [2.24, 2.45) is 0 Å². The van der Waals surface area contributed by atoms with Gasteiger partial charge in [0.05, 0.1) is 5.52 Å². The van der Waals surface area contributed by atoms with E-state index >= 15 is 0 Å². The van der Waals surface area contributed by atoms with Crippen LogP contribution in [0.15, 0.2) is 60.8 Å². The summed E-state index contributed by atoms with van der Waals surface area (Å²) in [5, 5.41) is 1.13. The van der Waals surface area contributed by atoms with Crippen molar-refractivity contribution in [3.8, 4) is 0 Å². The number of para-hydroxylation sites is 1. The zero-order chi connectivity index (χ0) is 14.2. The van der Waals surface area contributed by atoms with Crippen LogP contribution in [0.25, 0.3) is 10.9 Å². The van der Waals surface area contributed by atoms with Gasteiger partial charge in [-0.25, -0.2) is 0 Å². The smallest absolute Gasteiger partial charge is 0.194 e. The van der Waals surface area contributed by atoms with Crippen LogP contribution < -0.4 is 0 Å². The number of carbonyl (C=O) groups excluding carboxylic acids is 1. The van der Waals surface area contributed by atoms with E-state index in [2.05, 4.69) is 11.1 Å². The summed E-state index contributed by atoms with van der Waals surface area (Å²) in [6.07, 6.45) is 4.09. The molecule has 0 N–H and O–H groups in total. The summed E-state index contributed by atoms with van der Waals surface area (Å²) < 4.78 is 0. The Morgan fingerprint density at radius 3 is 2.43 bits per heavy atom. The number of hydrogen-bond donors (Lipinski definition) is 0. The molecule has 1 aromatic heterocycles. The van der Waals surface area contributed by atoms with Crippen LogP contribution in [0.4, 0.5) is 0 Å². The molecule has 0 atom stereocenters. The first-order valence-corrected chi connectivity index (χ1v) is 7.32. The third kappa shape index (κ3) is 2.13. The molecule has 0 amide bonds. The standard InChI is InChI=1S/C19H15NO/c21-19(14-6-2-1-3-7-14)16-12-20-17-9-5-4-8-15(17)18(16)13-10-11-13/h1-9,12-13H,10-11H2. The van der Waals surface area contributed by atoms with E-state index in [0.717, 1.165) is 22.0 Å². The maximum Gasteiger partial charge on any atom is 0.194 e.